The van der Waals surface area contributed by atoms with Crippen LogP contribution in [0.5, 0.6) is 0 Å². The maximum atomic E-state index is 13.1. The van der Waals surface area contributed by atoms with Gasteiger partial charge >= 0.3 is 0 Å². The number of nitrogens with one attached hydrogen (secondary N) is 1. The van der Waals surface area contributed by atoms with Crippen LogP contribution >= 0.6 is 11.6 Å². The van der Waals surface area contributed by atoms with Crippen LogP contribution in [-0.2, 0) is 10.0 Å². The highest BCUT2D eigenvalue weighted by Gasteiger charge is 2.45. The van der Waals surface area contributed by atoms with Gasteiger partial charge in [0.25, 0.3) is 0 Å². The molecule has 0 spiro atoms. The van der Waals surface area contributed by atoms with Gasteiger partial charge in [-0.25, -0.2) is 17.5 Å². The van der Waals surface area contributed by atoms with Crippen molar-refractivity contribution in [1.29, 1.82) is 0 Å². The lowest BCUT2D eigenvalue weighted by molar-refractivity contribution is 0.556. The second-order valence-corrected chi connectivity index (χ2v) is 6.35. The zero-order valence-electron chi connectivity index (χ0n) is 9.33. The maximum absolute atomic E-state index is 13.1. The summed E-state index contributed by atoms with van der Waals surface area (Å²) in [6.45, 7) is 1.63. The van der Waals surface area contributed by atoms with Crippen molar-refractivity contribution in [2.75, 3.05) is 5.88 Å². The van der Waals surface area contributed by atoms with Crippen LogP contribution in [-0.4, -0.2) is 19.8 Å². The van der Waals surface area contributed by atoms with Crippen LogP contribution in [0.1, 0.15) is 18.4 Å². The Balaban J connectivity index is 2.35. The molecule has 0 saturated heterocycles. The van der Waals surface area contributed by atoms with Crippen LogP contribution in [0.3, 0.4) is 0 Å². The number of benzene rings is 1. The molecule has 1 aromatic rings. The van der Waals surface area contributed by atoms with Crippen LogP contribution in [0, 0.1) is 12.7 Å². The second-order valence-electron chi connectivity index (χ2n) is 4.43. The second kappa shape index (κ2) is 4.23. The van der Waals surface area contributed by atoms with Crippen LogP contribution in [0.4, 0.5) is 4.39 Å². The van der Waals surface area contributed by atoms with Gasteiger partial charge in [0.2, 0.25) is 10.0 Å². The topological polar surface area (TPSA) is 46.2 Å². The maximum Gasteiger partial charge on any atom is 0.241 e. The molecule has 2 rings (SSSR count). The van der Waals surface area contributed by atoms with E-state index in [1.807, 2.05) is 0 Å². The van der Waals surface area contributed by atoms with Gasteiger partial charge in [0, 0.05) is 11.4 Å². The van der Waals surface area contributed by atoms with E-state index in [1.54, 1.807) is 6.92 Å². The van der Waals surface area contributed by atoms with Crippen molar-refractivity contribution >= 4 is 21.6 Å². The van der Waals surface area contributed by atoms with E-state index in [0.29, 0.717) is 5.56 Å². The van der Waals surface area contributed by atoms with Crippen LogP contribution in [0.2, 0.25) is 0 Å². The number of sulfonamides is 1. The van der Waals surface area contributed by atoms with Crippen molar-refractivity contribution < 1.29 is 12.8 Å². The van der Waals surface area contributed by atoms with E-state index in [-0.39, 0.29) is 10.8 Å². The van der Waals surface area contributed by atoms with E-state index in [2.05, 4.69) is 4.72 Å². The van der Waals surface area contributed by atoms with Gasteiger partial charge in [-0.15, -0.1) is 11.6 Å². The number of halogens is 2. The Labute approximate surface area is 105 Å². The number of alkyl halides is 1. The molecule has 0 aromatic heterocycles. The molecule has 1 N–H and O–H groups in total. The zero-order valence-corrected chi connectivity index (χ0v) is 10.9. The molecule has 0 radical (unpaired) electrons. The third-order valence-electron chi connectivity index (χ3n) is 2.90. The fourth-order valence-electron chi connectivity index (χ4n) is 1.62. The minimum Gasteiger partial charge on any atom is -0.207 e. The van der Waals surface area contributed by atoms with Crippen molar-refractivity contribution in [2.24, 2.45) is 0 Å². The highest BCUT2D eigenvalue weighted by molar-refractivity contribution is 7.89. The molecule has 6 heteroatoms. The average Bonchev–Trinajstić information content (AvgIpc) is 3.01. The summed E-state index contributed by atoms with van der Waals surface area (Å²) in [5.41, 5.74) is -0.0108. The number of aryl methyl sites for hydroxylation is 1. The first-order valence-corrected chi connectivity index (χ1v) is 7.26. The lowest BCUT2D eigenvalue weighted by atomic mass is 10.2. The molecule has 94 valence electrons. The minimum absolute atomic E-state index is 0.0195. The van der Waals surface area contributed by atoms with Gasteiger partial charge in [0.15, 0.2) is 0 Å². The first-order valence-electron chi connectivity index (χ1n) is 5.25. The van der Waals surface area contributed by atoms with Gasteiger partial charge in [-0.05, 0) is 37.5 Å². The predicted octanol–water partition coefficient (Wildman–Crippen LogP) is 2.18. The van der Waals surface area contributed by atoms with Gasteiger partial charge < -0.3 is 0 Å². The van der Waals surface area contributed by atoms with Crippen LogP contribution < -0.4 is 4.72 Å². The molecule has 0 aliphatic heterocycles. The molecule has 1 fully saturated rings. The number of rotatable bonds is 4. The molecule has 1 saturated carbocycles. The van der Waals surface area contributed by atoms with Gasteiger partial charge in [-0.3, -0.25) is 0 Å². The summed E-state index contributed by atoms with van der Waals surface area (Å²) < 4.78 is 39.8. The quantitative estimate of drug-likeness (QED) is 0.858. The van der Waals surface area contributed by atoms with Gasteiger partial charge in [0.05, 0.1) is 4.90 Å². The molecule has 0 bridgehead atoms. The molecule has 0 heterocycles. The van der Waals surface area contributed by atoms with Crippen molar-refractivity contribution in [1.82, 2.24) is 4.72 Å². The summed E-state index contributed by atoms with van der Waals surface area (Å²) >= 11 is 5.72. The Morgan fingerprint density at radius 2 is 2.12 bits per heavy atom. The fourth-order valence-corrected chi connectivity index (χ4v) is 3.75. The highest BCUT2D eigenvalue weighted by atomic mass is 35.5. The Morgan fingerprint density at radius 3 is 2.65 bits per heavy atom. The molecule has 0 atom stereocenters. The van der Waals surface area contributed by atoms with Crippen molar-refractivity contribution in [3.63, 3.8) is 0 Å². The third-order valence-corrected chi connectivity index (χ3v) is 5.13. The first kappa shape index (κ1) is 12.8. The monoisotopic (exact) mass is 277 g/mol. The summed E-state index contributed by atoms with van der Waals surface area (Å²) in [5, 5.41) is 0. The fraction of sp³-hybridized carbons (Fsp3) is 0.455. The summed E-state index contributed by atoms with van der Waals surface area (Å²) in [5.74, 6) is -0.327. The average molecular weight is 278 g/mol. The molecule has 1 aromatic carbocycles. The summed E-state index contributed by atoms with van der Waals surface area (Å²) in [6.07, 6.45) is 1.45. The highest BCUT2D eigenvalue weighted by Crippen LogP contribution is 2.38. The molecule has 3 nitrogen and oxygen atoms in total. The third kappa shape index (κ3) is 2.61. The Kier molecular flexibility index (Phi) is 3.18. The normalized spacial score (nSPS) is 18.1. The predicted molar refractivity (Wildman–Crippen MR) is 64.1 cm³/mol. The van der Waals surface area contributed by atoms with Crippen molar-refractivity contribution in [3.8, 4) is 0 Å². The van der Waals surface area contributed by atoms with Crippen molar-refractivity contribution in [3.05, 3.63) is 29.6 Å². The Hall–Kier alpha value is -0.650. The summed E-state index contributed by atoms with van der Waals surface area (Å²) in [4.78, 5) is -0.0195. The summed E-state index contributed by atoms with van der Waals surface area (Å²) in [7, 11) is -3.70. The van der Waals surface area contributed by atoms with Gasteiger partial charge in [-0.2, -0.15) is 0 Å². The number of hydrogen-bond donors (Lipinski definition) is 1. The Bertz CT molecular complexity index is 540. The molecule has 1 aliphatic carbocycles. The SMILES string of the molecule is Cc1ccc(F)cc1S(=O)(=O)NC1(CCl)CC1. The van der Waals surface area contributed by atoms with Gasteiger partial charge in [-0.1, -0.05) is 6.07 Å². The van der Waals surface area contributed by atoms with E-state index in [4.69, 9.17) is 11.6 Å². The van der Waals surface area contributed by atoms with E-state index in [9.17, 15) is 12.8 Å². The number of hydrogen-bond acceptors (Lipinski definition) is 2. The van der Waals surface area contributed by atoms with Crippen LogP contribution in [0.25, 0.3) is 0 Å². The lowest BCUT2D eigenvalue weighted by Gasteiger charge is -2.15. The smallest absolute Gasteiger partial charge is 0.207 e. The standard InChI is InChI=1S/C11H13ClFNO2S/c1-8-2-3-9(13)6-10(8)17(15,16)14-11(7-12)4-5-11/h2-3,6,14H,4-5,7H2,1H3. The molecular weight excluding hydrogens is 265 g/mol. The Morgan fingerprint density at radius 1 is 1.47 bits per heavy atom. The molecule has 1 aliphatic rings. The van der Waals surface area contributed by atoms with E-state index in [0.717, 1.165) is 18.9 Å². The summed E-state index contributed by atoms with van der Waals surface area (Å²) in [6, 6.07) is 3.72. The molecular formula is C11H13ClFNO2S. The van der Waals surface area contributed by atoms with E-state index >= 15 is 0 Å². The van der Waals surface area contributed by atoms with Crippen LogP contribution in [0.15, 0.2) is 23.1 Å². The minimum atomic E-state index is -3.70. The van der Waals surface area contributed by atoms with Gasteiger partial charge in [0.1, 0.15) is 5.82 Å². The lowest BCUT2D eigenvalue weighted by Crippen LogP contribution is -2.38. The molecule has 0 amide bonds. The first-order chi connectivity index (χ1) is 7.88. The van der Waals surface area contributed by atoms with E-state index in [1.165, 1.54) is 12.1 Å². The molecule has 0 unspecified atom stereocenters. The van der Waals surface area contributed by atoms with Crippen molar-refractivity contribution in [2.45, 2.75) is 30.2 Å². The largest absolute Gasteiger partial charge is 0.241 e. The molecule has 17 heavy (non-hydrogen) atoms. The zero-order chi connectivity index (χ0) is 12.7. The van der Waals surface area contributed by atoms with E-state index < -0.39 is 21.4 Å².